The van der Waals surface area contributed by atoms with Crippen molar-refractivity contribution >= 4 is 0 Å². The zero-order chi connectivity index (χ0) is 10.3. The molecule has 1 saturated heterocycles. The smallest absolute Gasteiger partial charge is 0.181 e. The molecule has 76 valence electrons. The van der Waals surface area contributed by atoms with Crippen molar-refractivity contribution in [1.82, 2.24) is 0 Å². The van der Waals surface area contributed by atoms with Gasteiger partial charge >= 0.3 is 0 Å². The minimum atomic E-state index is -0.220. The summed E-state index contributed by atoms with van der Waals surface area (Å²) in [6.07, 6.45) is 1.86. The molecule has 0 spiro atoms. The van der Waals surface area contributed by atoms with E-state index in [1.165, 1.54) is 0 Å². The van der Waals surface area contributed by atoms with Crippen LogP contribution in [0.1, 0.15) is 41.5 Å². The number of ether oxygens (including phenoxy) is 2. The lowest BCUT2D eigenvalue weighted by Crippen LogP contribution is -2.41. The van der Waals surface area contributed by atoms with Crippen LogP contribution in [-0.2, 0) is 9.47 Å². The zero-order valence-corrected chi connectivity index (χ0v) is 9.47. The quantitative estimate of drug-likeness (QED) is 0.583. The van der Waals surface area contributed by atoms with Crippen LogP contribution in [0.4, 0.5) is 0 Å². The van der Waals surface area contributed by atoms with Crippen molar-refractivity contribution in [3.05, 3.63) is 11.6 Å². The molecule has 0 aromatic heterocycles. The molecule has 1 rings (SSSR count). The van der Waals surface area contributed by atoms with Gasteiger partial charge in [-0.05, 0) is 47.1 Å². The minimum Gasteiger partial charge on any atom is -0.340 e. The molecular weight excluding hydrogens is 164 g/mol. The number of hydrogen-bond donors (Lipinski definition) is 0. The monoisotopic (exact) mass is 184 g/mol. The van der Waals surface area contributed by atoms with Crippen molar-refractivity contribution in [2.45, 2.75) is 59.0 Å². The molecule has 1 fully saturated rings. The average molecular weight is 184 g/mol. The fourth-order valence-corrected chi connectivity index (χ4v) is 1.17. The summed E-state index contributed by atoms with van der Waals surface area (Å²) in [5.74, 6) is 0. The van der Waals surface area contributed by atoms with Crippen molar-refractivity contribution in [3.8, 4) is 0 Å². The van der Waals surface area contributed by atoms with Crippen molar-refractivity contribution in [2.75, 3.05) is 0 Å². The Bertz CT molecular complexity index is 210. The maximum atomic E-state index is 5.83. The van der Waals surface area contributed by atoms with Gasteiger partial charge in [-0.3, -0.25) is 0 Å². The molecule has 0 aromatic carbocycles. The van der Waals surface area contributed by atoms with Crippen LogP contribution in [0.5, 0.6) is 0 Å². The second-order valence-electron chi connectivity index (χ2n) is 4.62. The summed E-state index contributed by atoms with van der Waals surface area (Å²) in [6, 6.07) is 0. The van der Waals surface area contributed by atoms with Crippen LogP contribution in [-0.4, -0.2) is 17.5 Å². The zero-order valence-electron chi connectivity index (χ0n) is 9.47. The third kappa shape index (κ3) is 1.79. The van der Waals surface area contributed by atoms with E-state index in [2.05, 4.69) is 27.7 Å². The van der Waals surface area contributed by atoms with Gasteiger partial charge in [-0.1, -0.05) is 6.08 Å². The maximum absolute atomic E-state index is 5.83. The predicted octanol–water partition coefficient (Wildman–Crippen LogP) is 2.88. The summed E-state index contributed by atoms with van der Waals surface area (Å²) in [5.41, 5.74) is 0.697. The fraction of sp³-hybridized carbons (Fsp3) is 0.818. The molecule has 0 N–H and O–H groups in total. The molecule has 0 aliphatic carbocycles. The Hall–Kier alpha value is -0.340. The van der Waals surface area contributed by atoms with E-state index >= 15 is 0 Å². The van der Waals surface area contributed by atoms with Gasteiger partial charge in [0.25, 0.3) is 0 Å². The van der Waals surface area contributed by atoms with Crippen LogP contribution < -0.4 is 0 Å². The highest BCUT2D eigenvalue weighted by atomic mass is 16.7. The fourth-order valence-electron chi connectivity index (χ4n) is 1.17. The third-order valence-electron chi connectivity index (χ3n) is 3.08. The highest BCUT2D eigenvalue weighted by Gasteiger charge is 2.49. The molecule has 0 radical (unpaired) electrons. The van der Waals surface area contributed by atoms with E-state index in [1.54, 1.807) is 0 Å². The first-order valence-corrected chi connectivity index (χ1v) is 4.78. The molecule has 0 saturated carbocycles. The maximum Gasteiger partial charge on any atom is 0.181 e. The third-order valence-corrected chi connectivity index (χ3v) is 3.08. The van der Waals surface area contributed by atoms with Gasteiger partial charge in [0.1, 0.15) is 0 Å². The Morgan fingerprint density at radius 3 is 1.77 bits per heavy atom. The van der Waals surface area contributed by atoms with Crippen molar-refractivity contribution < 1.29 is 9.47 Å². The molecule has 2 nitrogen and oxygen atoms in total. The molecule has 0 unspecified atom stereocenters. The van der Waals surface area contributed by atoms with Gasteiger partial charge in [0.2, 0.25) is 0 Å². The number of hydrogen-bond acceptors (Lipinski definition) is 2. The summed E-state index contributed by atoms with van der Waals surface area (Å²) < 4.78 is 11.7. The Balaban J connectivity index is 2.82. The Kier molecular flexibility index (Phi) is 2.56. The van der Waals surface area contributed by atoms with Gasteiger partial charge in [-0.2, -0.15) is 0 Å². The normalized spacial score (nSPS) is 28.0. The van der Waals surface area contributed by atoms with Gasteiger partial charge in [0, 0.05) is 0 Å². The van der Waals surface area contributed by atoms with Gasteiger partial charge in [0.15, 0.2) is 6.29 Å². The van der Waals surface area contributed by atoms with Crippen molar-refractivity contribution in [3.63, 3.8) is 0 Å². The summed E-state index contributed by atoms with van der Waals surface area (Å²) in [6.45, 7) is 12.3. The second kappa shape index (κ2) is 3.10. The van der Waals surface area contributed by atoms with Gasteiger partial charge in [-0.25, -0.2) is 0 Å². The van der Waals surface area contributed by atoms with E-state index in [4.69, 9.17) is 9.47 Å². The van der Waals surface area contributed by atoms with Crippen LogP contribution >= 0.6 is 0 Å². The first-order valence-electron chi connectivity index (χ1n) is 4.78. The van der Waals surface area contributed by atoms with Gasteiger partial charge in [-0.15, -0.1) is 0 Å². The van der Waals surface area contributed by atoms with Crippen molar-refractivity contribution in [1.29, 1.82) is 0 Å². The SMILES string of the molecule is C/C=C(\C)C1OC(C)(C)C(C)(C)O1. The molecule has 1 aliphatic heterocycles. The molecule has 2 heteroatoms. The topological polar surface area (TPSA) is 18.5 Å². The van der Waals surface area contributed by atoms with Crippen LogP contribution in [0.3, 0.4) is 0 Å². The lowest BCUT2D eigenvalue weighted by atomic mass is 9.90. The summed E-state index contributed by atoms with van der Waals surface area (Å²) >= 11 is 0. The van der Waals surface area contributed by atoms with E-state index < -0.39 is 0 Å². The largest absolute Gasteiger partial charge is 0.340 e. The number of allylic oxidation sites excluding steroid dienone is 1. The molecule has 0 bridgehead atoms. The first kappa shape index (κ1) is 10.7. The molecule has 0 atom stereocenters. The lowest BCUT2D eigenvalue weighted by molar-refractivity contribution is -0.0588. The standard InChI is InChI=1S/C11H20O2/c1-7-8(2)9-12-10(3,4)11(5,6)13-9/h7,9H,1-6H3/b8-7+. The highest BCUT2D eigenvalue weighted by molar-refractivity contribution is 5.06. The molecule has 13 heavy (non-hydrogen) atoms. The van der Waals surface area contributed by atoms with Crippen LogP contribution in [0.2, 0.25) is 0 Å². The Morgan fingerprint density at radius 1 is 1.08 bits per heavy atom. The lowest BCUT2D eigenvalue weighted by Gasteiger charge is -2.30. The van der Waals surface area contributed by atoms with Crippen molar-refractivity contribution in [2.24, 2.45) is 0 Å². The molecule has 0 aromatic rings. The van der Waals surface area contributed by atoms with Crippen LogP contribution in [0.15, 0.2) is 11.6 Å². The van der Waals surface area contributed by atoms with E-state index in [0.29, 0.717) is 0 Å². The van der Waals surface area contributed by atoms with E-state index in [0.717, 1.165) is 5.57 Å². The van der Waals surface area contributed by atoms with Crippen LogP contribution in [0, 0.1) is 0 Å². The number of rotatable bonds is 1. The molecular formula is C11H20O2. The van der Waals surface area contributed by atoms with Gasteiger partial charge < -0.3 is 9.47 Å². The molecule has 0 amide bonds. The van der Waals surface area contributed by atoms with E-state index in [1.807, 2.05) is 19.9 Å². The van der Waals surface area contributed by atoms with E-state index in [-0.39, 0.29) is 17.5 Å². The Morgan fingerprint density at radius 2 is 1.46 bits per heavy atom. The summed E-state index contributed by atoms with van der Waals surface area (Å²) in [5, 5.41) is 0. The molecule has 1 aliphatic rings. The average Bonchev–Trinajstić information content (AvgIpc) is 2.20. The second-order valence-corrected chi connectivity index (χ2v) is 4.62. The van der Waals surface area contributed by atoms with Crippen LogP contribution in [0.25, 0.3) is 0 Å². The first-order chi connectivity index (χ1) is 5.80. The minimum absolute atomic E-state index is 0.171. The Labute approximate surface area is 80.9 Å². The predicted molar refractivity (Wildman–Crippen MR) is 53.5 cm³/mol. The highest BCUT2D eigenvalue weighted by Crippen LogP contribution is 2.40. The van der Waals surface area contributed by atoms with E-state index in [9.17, 15) is 0 Å². The molecule has 1 heterocycles. The summed E-state index contributed by atoms with van der Waals surface area (Å²) in [4.78, 5) is 0. The summed E-state index contributed by atoms with van der Waals surface area (Å²) in [7, 11) is 0. The van der Waals surface area contributed by atoms with Gasteiger partial charge in [0.05, 0.1) is 11.2 Å².